The highest BCUT2D eigenvalue weighted by atomic mass is 35.5. The van der Waals surface area contributed by atoms with E-state index in [-0.39, 0.29) is 12.6 Å². The van der Waals surface area contributed by atoms with E-state index < -0.39 is 0 Å². The molecular formula is C9H12ClNO2. The highest BCUT2D eigenvalue weighted by Gasteiger charge is 2.07. The summed E-state index contributed by atoms with van der Waals surface area (Å²) in [5.41, 5.74) is 6.40. The first-order valence-electron chi connectivity index (χ1n) is 3.89. The van der Waals surface area contributed by atoms with Gasteiger partial charge in [0.15, 0.2) is 0 Å². The molecule has 3 N–H and O–H groups in total. The maximum absolute atomic E-state index is 8.81. The summed E-state index contributed by atoms with van der Waals surface area (Å²) in [4.78, 5) is 0. The molecule has 4 heteroatoms. The van der Waals surface area contributed by atoms with Gasteiger partial charge in [0.25, 0.3) is 0 Å². The van der Waals surface area contributed by atoms with Crippen molar-refractivity contribution in [2.45, 2.75) is 6.04 Å². The minimum Gasteiger partial charge on any atom is -0.495 e. The maximum Gasteiger partial charge on any atom is 0.137 e. The molecule has 1 atom stereocenters. The monoisotopic (exact) mass is 201 g/mol. The number of nitrogens with two attached hydrogens (primary N) is 1. The second kappa shape index (κ2) is 4.46. The van der Waals surface area contributed by atoms with E-state index in [4.69, 9.17) is 27.2 Å². The molecule has 0 heterocycles. The Kier molecular flexibility index (Phi) is 3.54. The van der Waals surface area contributed by atoms with Gasteiger partial charge >= 0.3 is 0 Å². The Labute approximate surface area is 82.1 Å². The molecule has 0 spiro atoms. The molecule has 0 saturated carbocycles. The number of rotatable bonds is 3. The van der Waals surface area contributed by atoms with Gasteiger partial charge in [-0.2, -0.15) is 0 Å². The third kappa shape index (κ3) is 2.34. The zero-order chi connectivity index (χ0) is 9.84. The average molecular weight is 202 g/mol. The number of benzene rings is 1. The van der Waals surface area contributed by atoms with Crippen molar-refractivity contribution < 1.29 is 9.84 Å². The molecule has 0 aliphatic carbocycles. The van der Waals surface area contributed by atoms with Crippen LogP contribution in [0.3, 0.4) is 0 Å². The van der Waals surface area contributed by atoms with Gasteiger partial charge in [-0.1, -0.05) is 17.7 Å². The van der Waals surface area contributed by atoms with Crippen LogP contribution in [0.4, 0.5) is 0 Å². The van der Waals surface area contributed by atoms with E-state index in [2.05, 4.69) is 0 Å². The van der Waals surface area contributed by atoms with Crippen LogP contribution in [0.25, 0.3) is 0 Å². The SMILES string of the molecule is COc1ccc(C(N)CO)cc1Cl. The van der Waals surface area contributed by atoms with Crippen molar-refractivity contribution in [2.24, 2.45) is 5.73 Å². The normalized spacial score (nSPS) is 12.6. The molecule has 13 heavy (non-hydrogen) atoms. The zero-order valence-corrected chi connectivity index (χ0v) is 8.08. The van der Waals surface area contributed by atoms with Crippen molar-refractivity contribution in [2.75, 3.05) is 13.7 Å². The van der Waals surface area contributed by atoms with Crippen LogP contribution in [0.15, 0.2) is 18.2 Å². The molecule has 0 aliphatic heterocycles. The molecule has 1 aromatic carbocycles. The van der Waals surface area contributed by atoms with Gasteiger partial charge in [0.05, 0.1) is 24.8 Å². The molecule has 0 radical (unpaired) electrons. The highest BCUT2D eigenvalue weighted by molar-refractivity contribution is 6.32. The molecule has 3 nitrogen and oxygen atoms in total. The lowest BCUT2D eigenvalue weighted by Gasteiger charge is -2.10. The summed E-state index contributed by atoms with van der Waals surface area (Å²) < 4.78 is 4.98. The van der Waals surface area contributed by atoms with Gasteiger partial charge in [0, 0.05) is 0 Å². The molecule has 0 saturated heterocycles. The van der Waals surface area contributed by atoms with Crippen LogP contribution in [-0.2, 0) is 0 Å². The van der Waals surface area contributed by atoms with Crippen molar-refractivity contribution in [1.29, 1.82) is 0 Å². The largest absolute Gasteiger partial charge is 0.495 e. The minimum absolute atomic E-state index is 0.0946. The van der Waals surface area contributed by atoms with Gasteiger partial charge in [-0.25, -0.2) is 0 Å². The number of methoxy groups -OCH3 is 1. The maximum atomic E-state index is 8.81. The lowest BCUT2D eigenvalue weighted by Crippen LogP contribution is -2.14. The van der Waals surface area contributed by atoms with E-state index >= 15 is 0 Å². The molecule has 0 amide bonds. The Morgan fingerprint density at radius 3 is 2.77 bits per heavy atom. The highest BCUT2D eigenvalue weighted by Crippen LogP contribution is 2.26. The number of hydrogen-bond donors (Lipinski definition) is 2. The second-order valence-electron chi connectivity index (χ2n) is 2.68. The number of hydrogen-bond acceptors (Lipinski definition) is 3. The third-order valence-corrected chi connectivity index (χ3v) is 2.10. The average Bonchev–Trinajstić information content (AvgIpc) is 2.16. The quantitative estimate of drug-likeness (QED) is 0.776. The molecular weight excluding hydrogens is 190 g/mol. The van der Waals surface area contributed by atoms with Crippen molar-refractivity contribution in [3.8, 4) is 5.75 Å². The van der Waals surface area contributed by atoms with Crippen LogP contribution < -0.4 is 10.5 Å². The molecule has 0 bridgehead atoms. The third-order valence-electron chi connectivity index (χ3n) is 1.80. The number of halogens is 1. The predicted octanol–water partition coefficient (Wildman–Crippen LogP) is 1.34. The molecule has 72 valence electrons. The first kappa shape index (κ1) is 10.3. The molecule has 0 aromatic heterocycles. The number of ether oxygens (including phenoxy) is 1. The molecule has 1 aromatic rings. The van der Waals surface area contributed by atoms with E-state index in [0.717, 1.165) is 5.56 Å². The molecule has 0 aliphatic rings. The predicted molar refractivity (Wildman–Crippen MR) is 52.0 cm³/mol. The first-order valence-corrected chi connectivity index (χ1v) is 4.26. The summed E-state index contributed by atoms with van der Waals surface area (Å²) in [6.45, 7) is -0.0946. The summed E-state index contributed by atoms with van der Waals surface area (Å²) in [7, 11) is 1.55. The summed E-state index contributed by atoms with van der Waals surface area (Å²) in [6, 6.07) is 4.82. The Morgan fingerprint density at radius 1 is 1.62 bits per heavy atom. The van der Waals surface area contributed by atoms with Crippen LogP contribution in [0, 0.1) is 0 Å². The standard InChI is InChI=1S/C9H12ClNO2/c1-13-9-3-2-6(4-7(9)10)8(11)5-12/h2-4,8,12H,5,11H2,1H3. The van der Waals surface area contributed by atoms with Gasteiger partial charge < -0.3 is 15.6 Å². The van der Waals surface area contributed by atoms with Gasteiger partial charge in [0.1, 0.15) is 5.75 Å². The number of aliphatic hydroxyl groups excluding tert-OH is 1. The topological polar surface area (TPSA) is 55.5 Å². The van der Waals surface area contributed by atoms with Crippen molar-refractivity contribution in [3.63, 3.8) is 0 Å². The fraction of sp³-hybridized carbons (Fsp3) is 0.333. The van der Waals surface area contributed by atoms with Crippen molar-refractivity contribution >= 4 is 11.6 Å². The second-order valence-corrected chi connectivity index (χ2v) is 3.09. The van der Waals surface area contributed by atoms with E-state index in [1.54, 1.807) is 25.3 Å². The lowest BCUT2D eigenvalue weighted by atomic mass is 10.1. The van der Waals surface area contributed by atoms with E-state index in [1.807, 2.05) is 0 Å². The fourth-order valence-electron chi connectivity index (χ4n) is 1.02. The van der Waals surface area contributed by atoms with Crippen molar-refractivity contribution in [3.05, 3.63) is 28.8 Å². The Balaban J connectivity index is 2.95. The van der Waals surface area contributed by atoms with E-state index in [1.165, 1.54) is 0 Å². The summed E-state index contributed by atoms with van der Waals surface area (Å²) in [5, 5.41) is 9.31. The van der Waals surface area contributed by atoms with Crippen LogP contribution >= 0.6 is 11.6 Å². The van der Waals surface area contributed by atoms with Gasteiger partial charge in [-0.15, -0.1) is 0 Å². The van der Waals surface area contributed by atoms with Crippen LogP contribution in [0.5, 0.6) is 5.75 Å². The lowest BCUT2D eigenvalue weighted by molar-refractivity contribution is 0.268. The molecule has 1 rings (SSSR count). The molecule has 0 fully saturated rings. The summed E-state index contributed by atoms with van der Waals surface area (Å²) in [6.07, 6.45) is 0. The zero-order valence-electron chi connectivity index (χ0n) is 7.33. The minimum atomic E-state index is -0.386. The summed E-state index contributed by atoms with van der Waals surface area (Å²) in [5.74, 6) is 0.607. The Hall–Kier alpha value is -0.770. The summed E-state index contributed by atoms with van der Waals surface area (Å²) >= 11 is 5.87. The van der Waals surface area contributed by atoms with Crippen molar-refractivity contribution in [1.82, 2.24) is 0 Å². The Morgan fingerprint density at radius 2 is 2.31 bits per heavy atom. The van der Waals surface area contributed by atoms with Crippen LogP contribution in [-0.4, -0.2) is 18.8 Å². The smallest absolute Gasteiger partial charge is 0.137 e. The first-order chi connectivity index (χ1) is 6.19. The van der Waals surface area contributed by atoms with E-state index in [0.29, 0.717) is 10.8 Å². The number of aliphatic hydroxyl groups is 1. The van der Waals surface area contributed by atoms with E-state index in [9.17, 15) is 0 Å². The van der Waals surface area contributed by atoms with Gasteiger partial charge in [0.2, 0.25) is 0 Å². The fourth-order valence-corrected chi connectivity index (χ4v) is 1.28. The Bertz CT molecular complexity index is 291. The van der Waals surface area contributed by atoms with Gasteiger partial charge in [-0.05, 0) is 17.7 Å². The van der Waals surface area contributed by atoms with Crippen LogP contribution in [0.2, 0.25) is 5.02 Å². The van der Waals surface area contributed by atoms with Gasteiger partial charge in [-0.3, -0.25) is 0 Å². The van der Waals surface area contributed by atoms with Crippen LogP contribution in [0.1, 0.15) is 11.6 Å². The molecule has 1 unspecified atom stereocenters.